The fourth-order valence-corrected chi connectivity index (χ4v) is 1.42. The number of amides is 1. The van der Waals surface area contributed by atoms with Crippen LogP contribution in [0.3, 0.4) is 0 Å². The molecule has 1 aromatic carbocycles. The number of nitrogen functional groups attached to an aromatic ring is 1. The van der Waals surface area contributed by atoms with Crippen LogP contribution >= 0.6 is 0 Å². The third-order valence-corrected chi connectivity index (χ3v) is 2.19. The SMILES string of the molecule is C=COCCCNC(=O)Cc1cccc(N)c1. The number of benzene rings is 1. The number of nitrogens with two attached hydrogens (primary N) is 1. The zero-order chi connectivity index (χ0) is 12.5. The highest BCUT2D eigenvalue weighted by Gasteiger charge is 2.02. The van der Waals surface area contributed by atoms with Gasteiger partial charge < -0.3 is 15.8 Å². The number of anilines is 1. The van der Waals surface area contributed by atoms with Crippen molar-refractivity contribution in [2.24, 2.45) is 0 Å². The van der Waals surface area contributed by atoms with Gasteiger partial charge in [0.2, 0.25) is 5.91 Å². The van der Waals surface area contributed by atoms with Gasteiger partial charge in [0.15, 0.2) is 0 Å². The molecule has 0 aliphatic heterocycles. The first-order valence-corrected chi connectivity index (χ1v) is 5.56. The summed E-state index contributed by atoms with van der Waals surface area (Å²) in [6.07, 6.45) is 2.52. The fourth-order valence-electron chi connectivity index (χ4n) is 1.42. The van der Waals surface area contributed by atoms with E-state index in [1.54, 1.807) is 12.1 Å². The Morgan fingerprint density at radius 2 is 2.35 bits per heavy atom. The Labute approximate surface area is 101 Å². The van der Waals surface area contributed by atoms with Gasteiger partial charge in [-0.2, -0.15) is 0 Å². The van der Waals surface area contributed by atoms with Crippen LogP contribution in [-0.2, 0) is 16.0 Å². The molecule has 0 heterocycles. The summed E-state index contributed by atoms with van der Waals surface area (Å²) in [4.78, 5) is 11.5. The normalized spacial score (nSPS) is 9.65. The summed E-state index contributed by atoms with van der Waals surface area (Å²) in [7, 11) is 0. The Morgan fingerprint density at radius 1 is 1.53 bits per heavy atom. The molecule has 4 nitrogen and oxygen atoms in total. The third-order valence-electron chi connectivity index (χ3n) is 2.19. The molecule has 0 radical (unpaired) electrons. The zero-order valence-electron chi connectivity index (χ0n) is 9.82. The van der Waals surface area contributed by atoms with Crippen LogP contribution in [0.5, 0.6) is 0 Å². The van der Waals surface area contributed by atoms with Gasteiger partial charge in [-0.1, -0.05) is 18.7 Å². The van der Waals surface area contributed by atoms with Crippen molar-refractivity contribution >= 4 is 11.6 Å². The molecule has 3 N–H and O–H groups in total. The number of nitrogens with one attached hydrogen (secondary N) is 1. The second-order valence-electron chi connectivity index (χ2n) is 3.66. The van der Waals surface area contributed by atoms with Crippen LogP contribution < -0.4 is 11.1 Å². The second kappa shape index (κ2) is 7.33. The molecule has 0 saturated carbocycles. The Balaban J connectivity index is 2.23. The summed E-state index contributed by atoms with van der Waals surface area (Å²) >= 11 is 0. The minimum atomic E-state index is -0.00537. The topological polar surface area (TPSA) is 64.3 Å². The van der Waals surface area contributed by atoms with E-state index in [0.717, 1.165) is 12.0 Å². The summed E-state index contributed by atoms with van der Waals surface area (Å²) in [5, 5.41) is 2.82. The highest BCUT2D eigenvalue weighted by Crippen LogP contribution is 2.06. The maximum absolute atomic E-state index is 11.5. The molecule has 0 aromatic heterocycles. The Hall–Kier alpha value is -1.97. The van der Waals surface area contributed by atoms with Crippen molar-refractivity contribution in [3.63, 3.8) is 0 Å². The molecule has 1 amide bonds. The average molecular weight is 234 g/mol. The fraction of sp³-hybridized carbons (Fsp3) is 0.308. The minimum absolute atomic E-state index is 0.00537. The van der Waals surface area contributed by atoms with E-state index >= 15 is 0 Å². The largest absolute Gasteiger partial charge is 0.502 e. The molecular formula is C13H18N2O2. The number of carbonyl (C=O) groups is 1. The molecule has 17 heavy (non-hydrogen) atoms. The Morgan fingerprint density at radius 3 is 3.06 bits per heavy atom. The highest BCUT2D eigenvalue weighted by molar-refractivity contribution is 5.78. The highest BCUT2D eigenvalue weighted by atomic mass is 16.5. The lowest BCUT2D eigenvalue weighted by Crippen LogP contribution is -2.26. The molecule has 1 rings (SSSR count). The molecule has 0 saturated heterocycles. The van der Waals surface area contributed by atoms with E-state index in [9.17, 15) is 4.79 Å². The smallest absolute Gasteiger partial charge is 0.224 e. The van der Waals surface area contributed by atoms with Crippen molar-refractivity contribution in [3.8, 4) is 0 Å². The molecule has 1 aromatic rings. The van der Waals surface area contributed by atoms with Crippen LogP contribution in [0.1, 0.15) is 12.0 Å². The molecular weight excluding hydrogens is 216 g/mol. The van der Waals surface area contributed by atoms with Crippen LogP contribution in [0.2, 0.25) is 0 Å². The first-order valence-electron chi connectivity index (χ1n) is 5.56. The Bertz CT molecular complexity index is 377. The van der Waals surface area contributed by atoms with Crippen LogP contribution in [0.15, 0.2) is 37.1 Å². The van der Waals surface area contributed by atoms with Gasteiger partial charge in [-0.05, 0) is 24.1 Å². The van der Waals surface area contributed by atoms with Crippen LogP contribution in [-0.4, -0.2) is 19.1 Å². The van der Waals surface area contributed by atoms with E-state index < -0.39 is 0 Å². The van der Waals surface area contributed by atoms with E-state index in [1.807, 2.05) is 12.1 Å². The van der Waals surface area contributed by atoms with E-state index in [1.165, 1.54) is 6.26 Å². The maximum Gasteiger partial charge on any atom is 0.224 e. The molecule has 0 bridgehead atoms. The van der Waals surface area contributed by atoms with Crippen LogP contribution in [0, 0.1) is 0 Å². The number of rotatable bonds is 7. The van der Waals surface area contributed by atoms with E-state index in [4.69, 9.17) is 10.5 Å². The van der Waals surface area contributed by atoms with Crippen molar-refractivity contribution in [1.29, 1.82) is 0 Å². The lowest BCUT2D eigenvalue weighted by molar-refractivity contribution is -0.120. The van der Waals surface area contributed by atoms with Gasteiger partial charge in [0.05, 0.1) is 19.3 Å². The van der Waals surface area contributed by atoms with Gasteiger partial charge in [-0.15, -0.1) is 0 Å². The average Bonchev–Trinajstić information content (AvgIpc) is 2.29. The van der Waals surface area contributed by atoms with Crippen molar-refractivity contribution in [2.75, 3.05) is 18.9 Å². The Kier molecular flexibility index (Phi) is 5.64. The van der Waals surface area contributed by atoms with Crippen LogP contribution in [0.25, 0.3) is 0 Å². The number of hydrogen-bond donors (Lipinski definition) is 2. The summed E-state index contributed by atoms with van der Waals surface area (Å²) < 4.78 is 4.95. The van der Waals surface area contributed by atoms with Crippen molar-refractivity contribution in [2.45, 2.75) is 12.8 Å². The zero-order valence-corrected chi connectivity index (χ0v) is 9.82. The maximum atomic E-state index is 11.5. The molecule has 0 spiro atoms. The summed E-state index contributed by atoms with van der Waals surface area (Å²) in [6.45, 7) is 4.61. The number of ether oxygens (including phenoxy) is 1. The summed E-state index contributed by atoms with van der Waals surface area (Å²) in [6, 6.07) is 7.33. The monoisotopic (exact) mass is 234 g/mol. The van der Waals surface area contributed by atoms with E-state index in [-0.39, 0.29) is 5.91 Å². The number of carbonyl (C=O) groups excluding carboxylic acids is 1. The van der Waals surface area contributed by atoms with Crippen molar-refractivity contribution in [3.05, 3.63) is 42.7 Å². The molecule has 4 heteroatoms. The predicted molar refractivity (Wildman–Crippen MR) is 68.3 cm³/mol. The van der Waals surface area contributed by atoms with Gasteiger partial charge in [0.25, 0.3) is 0 Å². The minimum Gasteiger partial charge on any atom is -0.502 e. The van der Waals surface area contributed by atoms with E-state index in [0.29, 0.717) is 25.3 Å². The standard InChI is InChI=1S/C13H18N2O2/c1-2-17-8-4-7-15-13(16)10-11-5-3-6-12(14)9-11/h2-3,5-6,9H,1,4,7-8,10,14H2,(H,15,16). The first-order chi connectivity index (χ1) is 8.22. The quantitative estimate of drug-likeness (QED) is 0.426. The van der Waals surface area contributed by atoms with E-state index in [2.05, 4.69) is 11.9 Å². The molecule has 92 valence electrons. The van der Waals surface area contributed by atoms with Crippen LogP contribution in [0.4, 0.5) is 5.69 Å². The van der Waals surface area contributed by atoms with Gasteiger partial charge in [0, 0.05) is 12.2 Å². The second-order valence-corrected chi connectivity index (χ2v) is 3.66. The molecule has 0 aliphatic rings. The van der Waals surface area contributed by atoms with Gasteiger partial charge in [-0.3, -0.25) is 4.79 Å². The first kappa shape index (κ1) is 13.1. The molecule has 0 atom stereocenters. The summed E-state index contributed by atoms with van der Waals surface area (Å²) in [5.74, 6) is -0.00537. The number of hydrogen-bond acceptors (Lipinski definition) is 3. The van der Waals surface area contributed by atoms with Crippen molar-refractivity contribution in [1.82, 2.24) is 5.32 Å². The van der Waals surface area contributed by atoms with Crippen molar-refractivity contribution < 1.29 is 9.53 Å². The molecule has 0 aliphatic carbocycles. The molecule has 0 fully saturated rings. The summed E-state index contributed by atoms with van der Waals surface area (Å²) in [5.41, 5.74) is 7.23. The van der Waals surface area contributed by atoms with Gasteiger partial charge in [-0.25, -0.2) is 0 Å². The predicted octanol–water partition coefficient (Wildman–Crippen LogP) is 1.48. The van der Waals surface area contributed by atoms with Gasteiger partial charge in [0.1, 0.15) is 0 Å². The lowest BCUT2D eigenvalue weighted by atomic mass is 10.1. The molecule has 0 unspecified atom stereocenters. The lowest BCUT2D eigenvalue weighted by Gasteiger charge is -2.05. The third kappa shape index (κ3) is 5.61. The van der Waals surface area contributed by atoms with Gasteiger partial charge >= 0.3 is 0 Å².